The largest absolute Gasteiger partial charge is 0.303 e. The third-order valence-corrected chi connectivity index (χ3v) is 4.60. The molecule has 0 atom stereocenters. The van der Waals surface area contributed by atoms with Crippen molar-refractivity contribution >= 4 is 29.1 Å². The minimum atomic E-state index is 0.505. The van der Waals surface area contributed by atoms with Gasteiger partial charge in [0.2, 0.25) is 0 Å². The van der Waals surface area contributed by atoms with Crippen molar-refractivity contribution in [2.75, 3.05) is 25.4 Å². The summed E-state index contributed by atoms with van der Waals surface area (Å²) in [5.74, 6) is 1.55. The van der Waals surface area contributed by atoms with E-state index in [1.165, 1.54) is 6.33 Å². The van der Waals surface area contributed by atoms with Crippen LogP contribution in [-0.4, -0.2) is 49.9 Å². The molecule has 5 nitrogen and oxygen atoms in total. The molecule has 104 valence electrons. The molecule has 0 radical (unpaired) electrons. The average Bonchev–Trinajstić information content (AvgIpc) is 2.86. The predicted octanol–water partition coefficient (Wildman–Crippen LogP) is 2.52. The first-order valence-electron chi connectivity index (χ1n) is 6.38. The predicted molar refractivity (Wildman–Crippen MR) is 79.0 cm³/mol. The van der Waals surface area contributed by atoms with E-state index >= 15 is 0 Å². The van der Waals surface area contributed by atoms with Crippen molar-refractivity contribution in [3.05, 3.63) is 17.0 Å². The first-order valence-corrected chi connectivity index (χ1v) is 7.74. The number of nitrogens with zero attached hydrogens (tertiary/aromatic N) is 5. The number of hydrogen-bond acceptors (Lipinski definition) is 5. The zero-order valence-corrected chi connectivity index (χ0v) is 13.0. The van der Waals surface area contributed by atoms with Gasteiger partial charge in [-0.25, -0.2) is 0 Å². The lowest BCUT2D eigenvalue weighted by molar-refractivity contribution is 0.324. The number of rotatable bonds is 6. The second-order valence-electron chi connectivity index (χ2n) is 4.18. The number of thioether (sulfide) groups is 1. The summed E-state index contributed by atoms with van der Waals surface area (Å²) < 4.78 is 1.76. The molecule has 0 fully saturated rings. The van der Waals surface area contributed by atoms with Gasteiger partial charge in [-0.05, 0) is 20.0 Å². The van der Waals surface area contributed by atoms with Crippen molar-refractivity contribution in [1.29, 1.82) is 0 Å². The van der Waals surface area contributed by atoms with Crippen LogP contribution in [0.1, 0.15) is 19.4 Å². The summed E-state index contributed by atoms with van der Waals surface area (Å²) in [4.78, 5) is 10.7. The lowest BCUT2D eigenvalue weighted by Crippen LogP contribution is -2.25. The summed E-state index contributed by atoms with van der Waals surface area (Å²) >= 11 is 7.88. The van der Waals surface area contributed by atoms with Gasteiger partial charge in [-0.3, -0.25) is 0 Å². The molecule has 0 bridgehead atoms. The van der Waals surface area contributed by atoms with E-state index in [-0.39, 0.29) is 0 Å². The van der Waals surface area contributed by atoms with Gasteiger partial charge in [0.15, 0.2) is 0 Å². The SMILES string of the molecule is CCN(CC)CCSc1c(C)c(Cl)nc2ncnn12. The highest BCUT2D eigenvalue weighted by molar-refractivity contribution is 7.99. The van der Waals surface area contributed by atoms with Gasteiger partial charge in [0.25, 0.3) is 5.78 Å². The maximum Gasteiger partial charge on any atom is 0.254 e. The summed E-state index contributed by atoms with van der Waals surface area (Å²) in [5.41, 5.74) is 0.962. The lowest BCUT2D eigenvalue weighted by atomic mass is 10.4. The number of hydrogen-bond donors (Lipinski definition) is 0. The average molecular weight is 300 g/mol. The summed E-state index contributed by atoms with van der Waals surface area (Å²) in [6.07, 6.45) is 1.51. The Morgan fingerprint density at radius 2 is 2.11 bits per heavy atom. The van der Waals surface area contributed by atoms with Crippen molar-refractivity contribution in [1.82, 2.24) is 24.5 Å². The van der Waals surface area contributed by atoms with Crippen LogP contribution in [0.15, 0.2) is 11.4 Å². The highest BCUT2D eigenvalue weighted by Crippen LogP contribution is 2.26. The van der Waals surface area contributed by atoms with Gasteiger partial charge in [0, 0.05) is 17.9 Å². The third kappa shape index (κ3) is 3.19. The van der Waals surface area contributed by atoms with Gasteiger partial charge in [-0.2, -0.15) is 19.6 Å². The fraction of sp³-hybridized carbons (Fsp3) is 0.583. The lowest BCUT2D eigenvalue weighted by Gasteiger charge is -2.17. The second kappa shape index (κ2) is 6.54. The van der Waals surface area contributed by atoms with Gasteiger partial charge in [-0.1, -0.05) is 25.4 Å². The number of fused-ring (bicyclic) bond motifs is 1. The van der Waals surface area contributed by atoms with Crippen molar-refractivity contribution < 1.29 is 0 Å². The molecule has 0 aliphatic rings. The monoisotopic (exact) mass is 299 g/mol. The zero-order chi connectivity index (χ0) is 13.8. The van der Waals surface area contributed by atoms with E-state index in [1.807, 2.05) is 6.92 Å². The highest BCUT2D eigenvalue weighted by atomic mass is 35.5. The molecule has 7 heteroatoms. The Morgan fingerprint density at radius 3 is 2.79 bits per heavy atom. The van der Waals surface area contributed by atoms with E-state index in [2.05, 4.69) is 33.8 Å². The molecule has 0 amide bonds. The molecular formula is C12H18ClN5S. The minimum Gasteiger partial charge on any atom is -0.303 e. The molecule has 0 aliphatic carbocycles. The molecule has 19 heavy (non-hydrogen) atoms. The molecule has 0 saturated carbocycles. The molecule has 2 aromatic heterocycles. The van der Waals surface area contributed by atoms with E-state index in [0.29, 0.717) is 10.9 Å². The molecular weight excluding hydrogens is 282 g/mol. The Balaban J connectivity index is 2.15. The summed E-state index contributed by atoms with van der Waals surface area (Å²) in [7, 11) is 0. The molecule has 2 aromatic rings. The van der Waals surface area contributed by atoms with Crippen LogP contribution in [0.5, 0.6) is 0 Å². The van der Waals surface area contributed by atoms with E-state index in [1.54, 1.807) is 16.3 Å². The van der Waals surface area contributed by atoms with Crippen molar-refractivity contribution in [2.45, 2.75) is 25.8 Å². The minimum absolute atomic E-state index is 0.505. The topological polar surface area (TPSA) is 46.3 Å². The molecule has 0 N–H and O–H groups in total. The maximum atomic E-state index is 6.13. The Bertz CT molecular complexity index is 552. The van der Waals surface area contributed by atoms with Crippen molar-refractivity contribution in [3.8, 4) is 0 Å². The Hall–Kier alpha value is -0.850. The molecule has 0 spiro atoms. The number of halogens is 1. The zero-order valence-electron chi connectivity index (χ0n) is 11.4. The van der Waals surface area contributed by atoms with E-state index in [9.17, 15) is 0 Å². The fourth-order valence-corrected chi connectivity index (χ4v) is 3.18. The van der Waals surface area contributed by atoms with Crippen LogP contribution in [0.3, 0.4) is 0 Å². The molecule has 0 saturated heterocycles. The van der Waals surface area contributed by atoms with Gasteiger partial charge < -0.3 is 4.90 Å². The van der Waals surface area contributed by atoms with Crippen LogP contribution in [0.4, 0.5) is 0 Å². The van der Waals surface area contributed by atoms with Crippen LogP contribution in [0.2, 0.25) is 5.15 Å². The Labute approximate surface area is 122 Å². The first kappa shape index (κ1) is 14.6. The quantitative estimate of drug-likeness (QED) is 0.606. The smallest absolute Gasteiger partial charge is 0.254 e. The van der Waals surface area contributed by atoms with E-state index < -0.39 is 0 Å². The van der Waals surface area contributed by atoms with Crippen LogP contribution >= 0.6 is 23.4 Å². The maximum absolute atomic E-state index is 6.13. The van der Waals surface area contributed by atoms with Crippen LogP contribution in [-0.2, 0) is 0 Å². The fourth-order valence-electron chi connectivity index (χ4n) is 1.85. The molecule has 0 unspecified atom stereocenters. The van der Waals surface area contributed by atoms with E-state index in [4.69, 9.17) is 11.6 Å². The van der Waals surface area contributed by atoms with Crippen LogP contribution < -0.4 is 0 Å². The Morgan fingerprint density at radius 1 is 1.37 bits per heavy atom. The second-order valence-corrected chi connectivity index (χ2v) is 5.62. The normalized spacial score (nSPS) is 11.6. The molecule has 2 heterocycles. The Kier molecular flexibility index (Phi) is 5.01. The molecule has 0 aliphatic heterocycles. The summed E-state index contributed by atoms with van der Waals surface area (Å²) in [6, 6.07) is 0. The van der Waals surface area contributed by atoms with Gasteiger partial charge >= 0.3 is 0 Å². The molecule has 0 aromatic carbocycles. The molecule has 2 rings (SSSR count). The van der Waals surface area contributed by atoms with Crippen LogP contribution in [0, 0.1) is 6.92 Å². The van der Waals surface area contributed by atoms with E-state index in [0.717, 1.165) is 36.0 Å². The van der Waals surface area contributed by atoms with Crippen molar-refractivity contribution in [3.63, 3.8) is 0 Å². The van der Waals surface area contributed by atoms with Gasteiger partial charge in [0.05, 0.1) is 0 Å². The van der Waals surface area contributed by atoms with Crippen LogP contribution in [0.25, 0.3) is 5.78 Å². The first-order chi connectivity index (χ1) is 9.17. The summed E-state index contributed by atoms with van der Waals surface area (Å²) in [5, 5.41) is 5.74. The van der Waals surface area contributed by atoms with Gasteiger partial charge in [-0.15, -0.1) is 11.8 Å². The summed E-state index contributed by atoms with van der Waals surface area (Å²) in [6.45, 7) is 9.53. The van der Waals surface area contributed by atoms with Crippen molar-refractivity contribution in [2.24, 2.45) is 0 Å². The number of aromatic nitrogens is 4. The van der Waals surface area contributed by atoms with Gasteiger partial charge in [0.1, 0.15) is 16.5 Å². The third-order valence-electron chi connectivity index (χ3n) is 3.09. The standard InChI is InChI=1S/C12H18ClN5S/c1-4-17(5-2)6-7-19-11-9(3)10(13)16-12-14-8-15-18(11)12/h8H,4-7H2,1-3H3. The highest BCUT2D eigenvalue weighted by Gasteiger charge is 2.12.